The fraction of sp³-hybridized carbons (Fsp3) is 1.00. The van der Waals surface area contributed by atoms with Gasteiger partial charge in [0, 0.05) is 12.3 Å². The Morgan fingerprint density at radius 1 is 1.17 bits per heavy atom. The fourth-order valence-corrected chi connectivity index (χ4v) is 1.97. The van der Waals surface area contributed by atoms with E-state index >= 15 is 0 Å². The highest BCUT2D eigenvalue weighted by Gasteiger charge is 2.07. The minimum absolute atomic E-state index is 0.292. The van der Waals surface area contributed by atoms with E-state index < -0.39 is 11.1 Å². The average molecular weight is 190 g/mol. The topological polar surface area (TPSA) is 43.4 Å². The second kappa shape index (κ2) is 5.67. The summed E-state index contributed by atoms with van der Waals surface area (Å²) < 4.78 is 20.6. The largest absolute Gasteiger partial charge is 0.772 e. The maximum atomic E-state index is 10.3. The Morgan fingerprint density at radius 2 is 1.75 bits per heavy atom. The van der Waals surface area contributed by atoms with Gasteiger partial charge in [-0.1, -0.05) is 23.9 Å². The summed E-state index contributed by atoms with van der Waals surface area (Å²) in [6.45, 7) is 2.88. The Bertz CT molecular complexity index is 144. The van der Waals surface area contributed by atoms with Gasteiger partial charge in [-0.3, -0.25) is 4.21 Å². The lowest BCUT2D eigenvalue weighted by Crippen LogP contribution is -2.28. The summed E-state index contributed by atoms with van der Waals surface area (Å²) in [6, 6.07) is 0. The van der Waals surface area contributed by atoms with Gasteiger partial charge in [0.15, 0.2) is 0 Å². The summed E-state index contributed by atoms with van der Waals surface area (Å²) in [6.07, 6.45) is 5.06. The monoisotopic (exact) mass is 190 g/mol. The molecule has 0 radical (unpaired) electrons. The predicted octanol–water partition coefficient (Wildman–Crippen LogP) is 0.741. The van der Waals surface area contributed by atoms with E-state index in [1.165, 1.54) is 25.7 Å². The minimum atomic E-state index is -1.86. The molecule has 4 heteroatoms. The minimum Gasteiger partial charge on any atom is -0.772 e. The predicted molar refractivity (Wildman–Crippen MR) is 48.7 cm³/mol. The van der Waals surface area contributed by atoms with E-state index in [2.05, 4.69) is 4.90 Å². The molecule has 1 unspecified atom stereocenters. The maximum absolute atomic E-state index is 10.3. The van der Waals surface area contributed by atoms with Crippen molar-refractivity contribution in [1.82, 2.24) is 4.90 Å². The molecule has 0 aromatic rings. The van der Waals surface area contributed by atoms with E-state index in [-0.39, 0.29) is 0 Å². The standard InChI is InChI=1S/C8H17NO2S/c10-12(11)8-7-9-5-3-1-2-4-6-9/h1-8H2,(H,10,11)/p-1. The number of likely N-dealkylation sites (tertiary alicyclic amines) is 1. The molecule has 1 saturated heterocycles. The van der Waals surface area contributed by atoms with E-state index in [1.807, 2.05) is 0 Å². The highest BCUT2D eigenvalue weighted by atomic mass is 32.2. The molecule has 0 aromatic carbocycles. The zero-order valence-electron chi connectivity index (χ0n) is 7.33. The summed E-state index contributed by atoms with van der Waals surface area (Å²) in [7, 11) is 0. The SMILES string of the molecule is O=S([O-])CCN1CCCCCC1. The molecule has 1 fully saturated rings. The van der Waals surface area contributed by atoms with Gasteiger partial charge in [0.05, 0.1) is 0 Å². The van der Waals surface area contributed by atoms with Crippen molar-refractivity contribution in [3.8, 4) is 0 Å². The van der Waals surface area contributed by atoms with Gasteiger partial charge in [0.2, 0.25) is 0 Å². The molecule has 1 rings (SSSR count). The Labute approximate surface area is 76.4 Å². The molecular weight excluding hydrogens is 174 g/mol. The summed E-state index contributed by atoms with van der Waals surface area (Å²) in [4.78, 5) is 2.25. The van der Waals surface area contributed by atoms with Crippen molar-refractivity contribution in [3.05, 3.63) is 0 Å². The Kier molecular flexibility index (Phi) is 4.80. The summed E-state index contributed by atoms with van der Waals surface area (Å²) in [5.74, 6) is 0.292. The first kappa shape index (κ1) is 10.2. The first-order chi connectivity index (χ1) is 5.79. The smallest absolute Gasteiger partial charge is 0.0229 e. The normalized spacial score (nSPS) is 23.4. The van der Waals surface area contributed by atoms with Crippen LogP contribution in [0, 0.1) is 0 Å². The van der Waals surface area contributed by atoms with Crippen molar-refractivity contribution in [2.24, 2.45) is 0 Å². The van der Waals surface area contributed by atoms with Crippen molar-refractivity contribution in [3.63, 3.8) is 0 Å². The summed E-state index contributed by atoms with van der Waals surface area (Å²) in [5, 5.41) is 0. The van der Waals surface area contributed by atoms with Crippen molar-refractivity contribution in [1.29, 1.82) is 0 Å². The molecular formula is C8H16NO2S-. The van der Waals surface area contributed by atoms with Gasteiger partial charge >= 0.3 is 0 Å². The molecule has 0 amide bonds. The van der Waals surface area contributed by atoms with Crippen LogP contribution in [0.25, 0.3) is 0 Å². The molecule has 1 aliphatic rings. The molecule has 0 bridgehead atoms. The van der Waals surface area contributed by atoms with Gasteiger partial charge in [-0.05, 0) is 25.9 Å². The van der Waals surface area contributed by atoms with Crippen LogP contribution in [0.4, 0.5) is 0 Å². The molecule has 72 valence electrons. The van der Waals surface area contributed by atoms with Gasteiger partial charge in [-0.2, -0.15) is 0 Å². The number of rotatable bonds is 3. The third-order valence-corrected chi connectivity index (χ3v) is 2.79. The van der Waals surface area contributed by atoms with Crippen molar-refractivity contribution >= 4 is 11.1 Å². The molecule has 1 atom stereocenters. The van der Waals surface area contributed by atoms with Crippen molar-refractivity contribution < 1.29 is 8.76 Å². The van der Waals surface area contributed by atoms with Gasteiger partial charge in [-0.25, -0.2) is 0 Å². The van der Waals surface area contributed by atoms with Gasteiger partial charge in [0.25, 0.3) is 0 Å². The third-order valence-electron chi connectivity index (χ3n) is 2.27. The van der Waals surface area contributed by atoms with E-state index in [9.17, 15) is 8.76 Å². The first-order valence-corrected chi connectivity index (χ1v) is 5.81. The lowest BCUT2D eigenvalue weighted by molar-refractivity contribution is 0.301. The zero-order chi connectivity index (χ0) is 8.81. The van der Waals surface area contributed by atoms with Crippen LogP contribution in [0.1, 0.15) is 25.7 Å². The Balaban J connectivity index is 2.16. The second-order valence-electron chi connectivity index (χ2n) is 3.26. The van der Waals surface area contributed by atoms with E-state index in [1.54, 1.807) is 0 Å². The van der Waals surface area contributed by atoms with Crippen LogP contribution in [-0.4, -0.2) is 39.0 Å². The quantitative estimate of drug-likeness (QED) is 0.617. The lowest BCUT2D eigenvalue weighted by Gasteiger charge is -2.19. The number of hydrogen-bond donors (Lipinski definition) is 0. The highest BCUT2D eigenvalue weighted by Crippen LogP contribution is 2.08. The molecule has 0 N–H and O–H groups in total. The Morgan fingerprint density at radius 3 is 2.25 bits per heavy atom. The summed E-state index contributed by atoms with van der Waals surface area (Å²) in [5.41, 5.74) is 0. The van der Waals surface area contributed by atoms with Crippen molar-refractivity contribution in [2.45, 2.75) is 25.7 Å². The number of nitrogens with zero attached hydrogens (tertiary/aromatic N) is 1. The van der Waals surface area contributed by atoms with Gasteiger partial charge in [-0.15, -0.1) is 0 Å². The number of hydrogen-bond acceptors (Lipinski definition) is 3. The molecule has 0 aromatic heterocycles. The first-order valence-electron chi connectivity index (χ1n) is 4.57. The van der Waals surface area contributed by atoms with Crippen LogP contribution in [0.3, 0.4) is 0 Å². The van der Waals surface area contributed by atoms with Crippen LogP contribution < -0.4 is 0 Å². The molecule has 0 aliphatic carbocycles. The third kappa shape index (κ3) is 4.18. The van der Waals surface area contributed by atoms with Gasteiger partial charge in [0.1, 0.15) is 0 Å². The summed E-state index contributed by atoms with van der Waals surface area (Å²) >= 11 is -1.86. The molecule has 0 spiro atoms. The molecule has 12 heavy (non-hydrogen) atoms. The molecule has 3 nitrogen and oxygen atoms in total. The average Bonchev–Trinajstić information content (AvgIpc) is 2.28. The zero-order valence-corrected chi connectivity index (χ0v) is 8.15. The van der Waals surface area contributed by atoms with Crippen LogP contribution in [0.5, 0.6) is 0 Å². The van der Waals surface area contributed by atoms with Crippen LogP contribution in [-0.2, 0) is 11.1 Å². The highest BCUT2D eigenvalue weighted by molar-refractivity contribution is 7.79. The van der Waals surface area contributed by atoms with Gasteiger partial charge < -0.3 is 9.45 Å². The van der Waals surface area contributed by atoms with Crippen molar-refractivity contribution in [2.75, 3.05) is 25.4 Å². The lowest BCUT2D eigenvalue weighted by atomic mass is 10.2. The van der Waals surface area contributed by atoms with Crippen LogP contribution in [0.2, 0.25) is 0 Å². The van der Waals surface area contributed by atoms with Crippen LogP contribution >= 0.6 is 0 Å². The van der Waals surface area contributed by atoms with Crippen LogP contribution in [0.15, 0.2) is 0 Å². The fourth-order valence-electron chi connectivity index (χ4n) is 1.56. The van der Waals surface area contributed by atoms with E-state index in [4.69, 9.17) is 0 Å². The van der Waals surface area contributed by atoms with E-state index in [0.29, 0.717) is 5.75 Å². The second-order valence-corrected chi connectivity index (χ2v) is 4.28. The molecule has 1 aliphatic heterocycles. The Hall–Kier alpha value is 0.0700. The maximum Gasteiger partial charge on any atom is 0.0229 e. The van der Waals surface area contributed by atoms with E-state index in [0.717, 1.165) is 19.6 Å². The molecule has 1 heterocycles. The molecule has 0 saturated carbocycles.